The molecule has 0 bridgehead atoms. The fraction of sp³-hybridized carbons (Fsp3) is 0.333. The molecule has 24 heavy (non-hydrogen) atoms. The van der Waals surface area contributed by atoms with Crippen LogP contribution in [0.3, 0.4) is 0 Å². The molecule has 2 heterocycles. The van der Waals surface area contributed by atoms with Gasteiger partial charge in [0.15, 0.2) is 5.69 Å². The van der Waals surface area contributed by atoms with Crippen LogP contribution in [0.5, 0.6) is 5.75 Å². The fourth-order valence-electron chi connectivity index (χ4n) is 2.66. The average molecular weight is 327 g/mol. The van der Waals surface area contributed by atoms with Gasteiger partial charge in [-0.1, -0.05) is 6.07 Å². The number of carbonyl (C=O) groups excluding carboxylic acids is 1. The van der Waals surface area contributed by atoms with Crippen molar-refractivity contribution < 1.29 is 14.3 Å². The van der Waals surface area contributed by atoms with Crippen LogP contribution in [-0.4, -0.2) is 44.3 Å². The van der Waals surface area contributed by atoms with Crippen LogP contribution >= 0.6 is 0 Å². The highest BCUT2D eigenvalue weighted by molar-refractivity contribution is 6.04. The van der Waals surface area contributed by atoms with Crippen molar-refractivity contribution >= 4 is 17.3 Å². The molecule has 1 aliphatic rings. The van der Waals surface area contributed by atoms with Gasteiger partial charge in [-0.05, 0) is 36.8 Å². The standard InChI is InChI=1S/C18H21N3O3/c1-13-10-16(23-2)17(19-12-13)18(22)20-14-4-3-5-15(11-14)21-6-8-24-9-7-21/h3-5,10-12H,6-9H2,1-2H3,(H,20,22). The van der Waals surface area contributed by atoms with Gasteiger partial charge in [-0.25, -0.2) is 4.98 Å². The molecule has 0 atom stereocenters. The molecule has 1 fully saturated rings. The number of pyridine rings is 1. The van der Waals surface area contributed by atoms with Crippen molar-refractivity contribution in [1.29, 1.82) is 0 Å². The number of anilines is 2. The van der Waals surface area contributed by atoms with Gasteiger partial charge in [0.05, 0.1) is 20.3 Å². The minimum atomic E-state index is -0.286. The van der Waals surface area contributed by atoms with E-state index >= 15 is 0 Å². The minimum Gasteiger partial charge on any atom is -0.494 e. The smallest absolute Gasteiger partial charge is 0.278 e. The molecule has 0 unspecified atom stereocenters. The van der Waals surface area contributed by atoms with Crippen LogP contribution in [0.1, 0.15) is 16.1 Å². The lowest BCUT2D eigenvalue weighted by atomic mass is 10.2. The van der Waals surface area contributed by atoms with E-state index in [1.54, 1.807) is 12.3 Å². The third-order valence-corrected chi connectivity index (χ3v) is 3.90. The number of hydrogen-bond donors (Lipinski definition) is 1. The van der Waals surface area contributed by atoms with Crippen molar-refractivity contribution in [2.75, 3.05) is 43.6 Å². The average Bonchev–Trinajstić information content (AvgIpc) is 2.62. The zero-order chi connectivity index (χ0) is 16.9. The molecule has 6 heteroatoms. The Morgan fingerprint density at radius 3 is 2.83 bits per heavy atom. The number of morpholine rings is 1. The van der Waals surface area contributed by atoms with E-state index in [1.807, 2.05) is 31.2 Å². The second kappa shape index (κ2) is 7.31. The van der Waals surface area contributed by atoms with E-state index in [0.29, 0.717) is 5.75 Å². The molecule has 3 rings (SSSR count). The van der Waals surface area contributed by atoms with Gasteiger partial charge in [0.1, 0.15) is 5.75 Å². The Bertz CT molecular complexity index is 727. The number of amides is 1. The van der Waals surface area contributed by atoms with Crippen LogP contribution in [0.2, 0.25) is 0 Å². The summed E-state index contributed by atoms with van der Waals surface area (Å²) in [6.45, 7) is 5.06. The first-order valence-electron chi connectivity index (χ1n) is 7.92. The summed E-state index contributed by atoms with van der Waals surface area (Å²) < 4.78 is 10.6. The number of aromatic nitrogens is 1. The van der Waals surface area contributed by atoms with Gasteiger partial charge in [0.2, 0.25) is 0 Å². The molecule has 1 N–H and O–H groups in total. The van der Waals surface area contributed by atoms with Crippen LogP contribution < -0.4 is 15.0 Å². The van der Waals surface area contributed by atoms with Gasteiger partial charge in [0.25, 0.3) is 5.91 Å². The number of carbonyl (C=O) groups is 1. The number of benzene rings is 1. The lowest BCUT2D eigenvalue weighted by molar-refractivity contribution is 0.101. The van der Waals surface area contributed by atoms with Gasteiger partial charge in [-0.3, -0.25) is 4.79 Å². The topological polar surface area (TPSA) is 63.7 Å². The molecule has 6 nitrogen and oxygen atoms in total. The second-order valence-corrected chi connectivity index (χ2v) is 5.67. The first-order valence-corrected chi connectivity index (χ1v) is 7.92. The van der Waals surface area contributed by atoms with Crippen molar-refractivity contribution in [3.05, 3.63) is 47.8 Å². The van der Waals surface area contributed by atoms with Crippen molar-refractivity contribution in [1.82, 2.24) is 4.98 Å². The number of nitrogens with zero attached hydrogens (tertiary/aromatic N) is 2. The molecule has 1 amide bonds. The molecule has 2 aromatic rings. The zero-order valence-corrected chi connectivity index (χ0v) is 13.9. The van der Waals surface area contributed by atoms with Crippen LogP contribution in [0, 0.1) is 6.92 Å². The minimum absolute atomic E-state index is 0.278. The summed E-state index contributed by atoms with van der Waals surface area (Å²) in [6, 6.07) is 9.59. The SMILES string of the molecule is COc1cc(C)cnc1C(=O)Nc1cccc(N2CCOCC2)c1. The van der Waals surface area contributed by atoms with Crippen molar-refractivity contribution in [2.45, 2.75) is 6.92 Å². The number of hydrogen-bond acceptors (Lipinski definition) is 5. The van der Waals surface area contributed by atoms with Crippen LogP contribution in [0.4, 0.5) is 11.4 Å². The van der Waals surface area contributed by atoms with Crippen LogP contribution in [-0.2, 0) is 4.74 Å². The molecule has 126 valence electrons. The molecule has 1 aliphatic heterocycles. The first kappa shape index (κ1) is 16.3. The lowest BCUT2D eigenvalue weighted by Crippen LogP contribution is -2.36. The number of ether oxygens (including phenoxy) is 2. The number of nitrogens with one attached hydrogen (secondary N) is 1. The molecule has 1 saturated heterocycles. The van der Waals surface area contributed by atoms with E-state index in [0.717, 1.165) is 43.2 Å². The summed E-state index contributed by atoms with van der Waals surface area (Å²) in [6.07, 6.45) is 1.65. The molecule has 1 aromatic heterocycles. The van der Waals surface area contributed by atoms with Gasteiger partial charge in [0, 0.05) is 30.7 Å². The third kappa shape index (κ3) is 3.65. The molecule has 0 spiro atoms. The Hall–Kier alpha value is -2.60. The summed E-state index contributed by atoms with van der Waals surface area (Å²) in [7, 11) is 1.53. The molecule has 0 aliphatic carbocycles. The summed E-state index contributed by atoms with van der Waals surface area (Å²) in [5.74, 6) is 0.183. The summed E-state index contributed by atoms with van der Waals surface area (Å²) in [5.41, 5.74) is 3.02. The van der Waals surface area contributed by atoms with E-state index in [1.165, 1.54) is 7.11 Å². The summed E-state index contributed by atoms with van der Waals surface area (Å²) in [5, 5.41) is 2.89. The zero-order valence-electron chi connectivity index (χ0n) is 13.9. The van der Waals surface area contributed by atoms with Gasteiger partial charge >= 0.3 is 0 Å². The Morgan fingerprint density at radius 2 is 2.08 bits per heavy atom. The maximum Gasteiger partial charge on any atom is 0.278 e. The van der Waals surface area contributed by atoms with E-state index < -0.39 is 0 Å². The van der Waals surface area contributed by atoms with Gasteiger partial charge in [-0.15, -0.1) is 0 Å². The highest BCUT2D eigenvalue weighted by Gasteiger charge is 2.16. The number of methoxy groups -OCH3 is 1. The molecular formula is C18H21N3O3. The van der Waals surface area contributed by atoms with Crippen molar-refractivity contribution in [3.63, 3.8) is 0 Å². The quantitative estimate of drug-likeness (QED) is 0.935. The van der Waals surface area contributed by atoms with Crippen LogP contribution in [0.25, 0.3) is 0 Å². The van der Waals surface area contributed by atoms with Crippen molar-refractivity contribution in [2.24, 2.45) is 0 Å². The van der Waals surface area contributed by atoms with Gasteiger partial charge < -0.3 is 19.7 Å². The normalized spacial score (nSPS) is 14.3. The van der Waals surface area contributed by atoms with Crippen molar-refractivity contribution in [3.8, 4) is 5.75 Å². The maximum absolute atomic E-state index is 12.5. The predicted octanol–water partition coefficient (Wildman–Crippen LogP) is 2.49. The Balaban J connectivity index is 1.77. The first-order chi connectivity index (χ1) is 11.7. The molecule has 0 radical (unpaired) electrons. The molecule has 0 saturated carbocycles. The highest BCUT2D eigenvalue weighted by atomic mass is 16.5. The second-order valence-electron chi connectivity index (χ2n) is 5.67. The number of aryl methyl sites for hydroxylation is 1. The number of rotatable bonds is 4. The molecule has 1 aromatic carbocycles. The van der Waals surface area contributed by atoms with E-state index in [-0.39, 0.29) is 11.6 Å². The van der Waals surface area contributed by atoms with Gasteiger partial charge in [-0.2, -0.15) is 0 Å². The summed E-state index contributed by atoms with van der Waals surface area (Å²) >= 11 is 0. The third-order valence-electron chi connectivity index (χ3n) is 3.90. The highest BCUT2D eigenvalue weighted by Crippen LogP contribution is 2.22. The monoisotopic (exact) mass is 327 g/mol. The maximum atomic E-state index is 12.5. The lowest BCUT2D eigenvalue weighted by Gasteiger charge is -2.29. The molecular weight excluding hydrogens is 306 g/mol. The largest absolute Gasteiger partial charge is 0.494 e. The van der Waals surface area contributed by atoms with E-state index in [4.69, 9.17) is 9.47 Å². The summed E-state index contributed by atoms with van der Waals surface area (Å²) in [4.78, 5) is 18.9. The Kier molecular flexibility index (Phi) is 4.96. The van der Waals surface area contributed by atoms with E-state index in [2.05, 4.69) is 15.2 Å². The van der Waals surface area contributed by atoms with E-state index in [9.17, 15) is 4.79 Å². The fourth-order valence-corrected chi connectivity index (χ4v) is 2.66. The predicted molar refractivity (Wildman–Crippen MR) is 93.0 cm³/mol. The Morgan fingerprint density at radius 1 is 1.29 bits per heavy atom. The van der Waals surface area contributed by atoms with Crippen LogP contribution in [0.15, 0.2) is 36.5 Å². The Labute approximate surface area is 141 Å².